The lowest BCUT2D eigenvalue weighted by atomic mass is 10.1. The van der Waals surface area contributed by atoms with Crippen molar-refractivity contribution < 1.29 is 9.59 Å². The molecule has 2 saturated heterocycles. The largest absolute Gasteiger partial charge is 0.341 e. The number of ketones is 1. The second-order valence-electron chi connectivity index (χ2n) is 5.92. The van der Waals surface area contributed by atoms with Crippen molar-refractivity contribution in [1.29, 1.82) is 0 Å². The minimum Gasteiger partial charge on any atom is -0.341 e. The summed E-state index contributed by atoms with van der Waals surface area (Å²) in [4.78, 5) is 26.6. The van der Waals surface area contributed by atoms with E-state index in [2.05, 4.69) is 5.32 Å². The molecule has 5 heteroatoms. The van der Waals surface area contributed by atoms with Crippen LogP contribution in [0, 0.1) is 0 Å². The second kappa shape index (κ2) is 7.29. The number of nitrogens with one attached hydrogen (secondary N) is 1. The van der Waals surface area contributed by atoms with E-state index in [4.69, 9.17) is 0 Å². The molecule has 0 saturated carbocycles. The lowest BCUT2D eigenvalue weighted by Crippen LogP contribution is -2.46. The summed E-state index contributed by atoms with van der Waals surface area (Å²) < 4.78 is 0. The Morgan fingerprint density at radius 3 is 2.64 bits per heavy atom. The third-order valence-corrected chi connectivity index (χ3v) is 5.55. The van der Waals surface area contributed by atoms with Crippen LogP contribution in [0.4, 0.5) is 0 Å². The topological polar surface area (TPSA) is 49.4 Å². The Morgan fingerprint density at radius 1 is 1.18 bits per heavy atom. The van der Waals surface area contributed by atoms with Crippen LogP contribution in [0.1, 0.15) is 24.8 Å². The first-order valence-electron chi connectivity index (χ1n) is 7.97. The Labute approximate surface area is 135 Å². The van der Waals surface area contributed by atoms with Gasteiger partial charge in [0.25, 0.3) is 0 Å². The molecule has 22 heavy (non-hydrogen) atoms. The summed E-state index contributed by atoms with van der Waals surface area (Å²) in [6, 6.07) is 9.87. The van der Waals surface area contributed by atoms with Crippen LogP contribution in [0.2, 0.25) is 0 Å². The van der Waals surface area contributed by atoms with Crippen LogP contribution >= 0.6 is 11.8 Å². The molecule has 1 unspecified atom stereocenters. The van der Waals surface area contributed by atoms with Gasteiger partial charge >= 0.3 is 0 Å². The second-order valence-corrected chi connectivity index (χ2v) is 7.06. The predicted molar refractivity (Wildman–Crippen MR) is 88.8 cm³/mol. The number of nitrogens with zero attached hydrogens (tertiary/aromatic N) is 1. The molecule has 2 aliphatic heterocycles. The molecule has 0 spiro atoms. The third-order valence-electron chi connectivity index (χ3n) is 4.29. The Kier molecular flexibility index (Phi) is 5.16. The number of hydrogen-bond donors (Lipinski definition) is 1. The Bertz CT molecular complexity index is 529. The van der Waals surface area contributed by atoms with E-state index in [1.54, 1.807) is 11.8 Å². The van der Waals surface area contributed by atoms with Gasteiger partial charge in [-0.3, -0.25) is 14.9 Å². The average Bonchev–Trinajstić information content (AvgIpc) is 3.24. The van der Waals surface area contributed by atoms with Gasteiger partial charge in [-0.05, 0) is 24.8 Å². The maximum absolute atomic E-state index is 12.3. The van der Waals surface area contributed by atoms with Gasteiger partial charge in [0.05, 0.1) is 6.04 Å². The van der Waals surface area contributed by atoms with Gasteiger partial charge in [-0.25, -0.2) is 0 Å². The summed E-state index contributed by atoms with van der Waals surface area (Å²) in [5, 5.41) is 3.00. The van der Waals surface area contributed by atoms with Crippen molar-refractivity contribution in [1.82, 2.24) is 10.2 Å². The highest BCUT2D eigenvalue weighted by atomic mass is 32.2. The van der Waals surface area contributed by atoms with Gasteiger partial charge in [-0.15, -0.1) is 11.8 Å². The molecule has 2 aliphatic rings. The molecular weight excluding hydrogens is 296 g/mol. The van der Waals surface area contributed by atoms with Crippen LogP contribution in [0.15, 0.2) is 30.3 Å². The van der Waals surface area contributed by atoms with Gasteiger partial charge in [0.15, 0.2) is 5.78 Å². The number of thioether (sulfide) groups is 1. The molecule has 0 bridgehead atoms. The minimum atomic E-state index is -0.222. The lowest BCUT2D eigenvalue weighted by molar-refractivity contribution is -0.131. The van der Waals surface area contributed by atoms with E-state index in [1.807, 2.05) is 35.2 Å². The fraction of sp³-hybridized carbons (Fsp3) is 0.529. The molecule has 1 N–H and O–H groups in total. The molecule has 1 aromatic carbocycles. The van der Waals surface area contributed by atoms with Crippen LogP contribution in [-0.4, -0.2) is 46.8 Å². The number of Topliss-reactive ketones (excluding diaryl/α,β-unsaturated/α-hetero) is 1. The molecule has 1 aromatic rings. The molecule has 0 aliphatic carbocycles. The molecule has 2 atom stereocenters. The predicted octanol–water partition coefficient (Wildman–Crippen LogP) is 1.84. The average molecular weight is 318 g/mol. The molecule has 118 valence electrons. The van der Waals surface area contributed by atoms with Crippen molar-refractivity contribution in [2.45, 2.75) is 37.1 Å². The lowest BCUT2D eigenvalue weighted by Gasteiger charge is -2.20. The Morgan fingerprint density at radius 2 is 1.91 bits per heavy atom. The molecule has 0 aromatic heterocycles. The SMILES string of the molecule is O=C(CCc1ccccc1)[C@@H]1NC(C(=O)N2CCCC2)CS1. The number of carbonyl (C=O) groups is 2. The van der Waals surface area contributed by atoms with Crippen molar-refractivity contribution in [2.24, 2.45) is 0 Å². The summed E-state index contributed by atoms with van der Waals surface area (Å²) >= 11 is 1.57. The van der Waals surface area contributed by atoms with Gasteiger partial charge in [0.2, 0.25) is 5.91 Å². The molecule has 0 radical (unpaired) electrons. The quantitative estimate of drug-likeness (QED) is 0.900. The fourth-order valence-corrected chi connectivity index (χ4v) is 4.19. The number of benzene rings is 1. The first-order valence-corrected chi connectivity index (χ1v) is 9.02. The standard InChI is InChI=1S/C17H22N2O2S/c20-15(9-8-13-6-2-1-3-7-13)16-18-14(12-22-16)17(21)19-10-4-5-11-19/h1-3,6-7,14,16,18H,4-5,8-12H2/t14?,16-/m1/s1. The summed E-state index contributed by atoms with van der Waals surface area (Å²) in [5.74, 6) is 1.07. The molecule has 4 nitrogen and oxygen atoms in total. The highest BCUT2D eigenvalue weighted by Gasteiger charge is 2.35. The van der Waals surface area contributed by atoms with Gasteiger partial charge in [0, 0.05) is 25.3 Å². The first-order chi connectivity index (χ1) is 10.7. The molecule has 3 rings (SSSR count). The number of amides is 1. The number of carbonyl (C=O) groups excluding carboxylic acids is 2. The van der Waals surface area contributed by atoms with E-state index in [0.29, 0.717) is 12.2 Å². The summed E-state index contributed by atoms with van der Waals surface area (Å²) in [6.45, 7) is 1.74. The molecule has 2 fully saturated rings. The molecular formula is C17H22N2O2S. The number of rotatable bonds is 5. The van der Waals surface area contributed by atoms with Crippen molar-refractivity contribution in [2.75, 3.05) is 18.8 Å². The van der Waals surface area contributed by atoms with E-state index < -0.39 is 0 Å². The van der Waals surface area contributed by atoms with Gasteiger partial charge in [-0.2, -0.15) is 0 Å². The maximum atomic E-state index is 12.3. The van der Waals surface area contributed by atoms with Crippen molar-refractivity contribution in [3.8, 4) is 0 Å². The number of aryl methyl sites for hydroxylation is 1. The van der Waals surface area contributed by atoms with Gasteiger partial charge in [0.1, 0.15) is 5.37 Å². The Balaban J connectivity index is 1.47. The van der Waals surface area contributed by atoms with Crippen LogP contribution in [0.5, 0.6) is 0 Å². The summed E-state index contributed by atoms with van der Waals surface area (Å²) in [5.41, 5.74) is 1.18. The zero-order valence-corrected chi connectivity index (χ0v) is 13.5. The van der Waals surface area contributed by atoms with Crippen molar-refractivity contribution >= 4 is 23.5 Å². The molecule has 2 heterocycles. The summed E-state index contributed by atoms with van der Waals surface area (Å²) in [7, 11) is 0. The summed E-state index contributed by atoms with van der Waals surface area (Å²) in [6.07, 6.45) is 3.50. The highest BCUT2D eigenvalue weighted by Crippen LogP contribution is 2.23. The third kappa shape index (κ3) is 3.70. The van der Waals surface area contributed by atoms with Gasteiger partial charge in [-0.1, -0.05) is 30.3 Å². The number of likely N-dealkylation sites (tertiary alicyclic amines) is 1. The van der Waals surface area contributed by atoms with E-state index in [-0.39, 0.29) is 23.1 Å². The minimum absolute atomic E-state index is 0.170. The monoisotopic (exact) mass is 318 g/mol. The normalized spacial score (nSPS) is 24.6. The van der Waals surface area contributed by atoms with E-state index in [0.717, 1.165) is 32.4 Å². The van der Waals surface area contributed by atoms with Crippen LogP contribution in [-0.2, 0) is 16.0 Å². The Hall–Kier alpha value is -1.33. The zero-order valence-electron chi connectivity index (χ0n) is 12.7. The van der Waals surface area contributed by atoms with Crippen molar-refractivity contribution in [3.63, 3.8) is 0 Å². The zero-order chi connectivity index (χ0) is 15.4. The van der Waals surface area contributed by atoms with Crippen LogP contribution in [0.25, 0.3) is 0 Å². The van der Waals surface area contributed by atoms with Crippen LogP contribution < -0.4 is 5.32 Å². The van der Waals surface area contributed by atoms with Crippen molar-refractivity contribution in [3.05, 3.63) is 35.9 Å². The fourth-order valence-electron chi connectivity index (χ4n) is 3.00. The highest BCUT2D eigenvalue weighted by molar-refractivity contribution is 8.00. The van der Waals surface area contributed by atoms with E-state index in [1.165, 1.54) is 5.56 Å². The van der Waals surface area contributed by atoms with Crippen LogP contribution in [0.3, 0.4) is 0 Å². The van der Waals surface area contributed by atoms with E-state index >= 15 is 0 Å². The maximum Gasteiger partial charge on any atom is 0.240 e. The number of hydrogen-bond acceptors (Lipinski definition) is 4. The van der Waals surface area contributed by atoms with E-state index in [9.17, 15) is 9.59 Å². The first kappa shape index (κ1) is 15.6. The smallest absolute Gasteiger partial charge is 0.240 e. The van der Waals surface area contributed by atoms with Gasteiger partial charge < -0.3 is 4.90 Å². The molecule has 1 amide bonds.